The maximum atomic E-state index is 13.0. The molecule has 0 N–H and O–H groups in total. The van der Waals surface area contributed by atoms with Crippen molar-refractivity contribution in [2.75, 3.05) is 11.4 Å². The Bertz CT molecular complexity index is 786. The Morgan fingerprint density at radius 2 is 2.04 bits per heavy atom. The molecule has 122 valence electrons. The highest BCUT2D eigenvalue weighted by Gasteiger charge is 2.18. The van der Waals surface area contributed by atoms with Crippen LogP contribution >= 0.6 is 0 Å². The summed E-state index contributed by atoms with van der Waals surface area (Å²) >= 11 is 0. The summed E-state index contributed by atoms with van der Waals surface area (Å²) in [6.45, 7) is 2.79. The van der Waals surface area contributed by atoms with Gasteiger partial charge in [0.05, 0.1) is 0 Å². The Balaban J connectivity index is 1.91. The molecule has 1 amide bonds. The lowest BCUT2D eigenvalue weighted by Crippen LogP contribution is -2.32. The number of unbranched alkanes of at least 4 members (excludes halogenated alkanes) is 1. The molecule has 2 aromatic heterocycles. The first-order chi connectivity index (χ1) is 11.8. The lowest BCUT2D eigenvalue weighted by Gasteiger charge is -2.23. The SMILES string of the molecule is CCCCN(C(=O)c1ccnc(-n2cncn2)c1)c1ccccc1. The van der Waals surface area contributed by atoms with Crippen LogP contribution in [0, 0.1) is 0 Å². The second-order valence-electron chi connectivity index (χ2n) is 5.39. The highest BCUT2D eigenvalue weighted by Crippen LogP contribution is 2.18. The standard InChI is InChI=1S/C18H19N5O/c1-2-3-11-22(16-7-5-4-6-8-16)18(24)15-9-10-20-17(12-15)23-14-19-13-21-23/h4-10,12-14H,2-3,11H2,1H3. The Labute approximate surface area is 140 Å². The lowest BCUT2D eigenvalue weighted by molar-refractivity contribution is 0.0986. The molecule has 2 heterocycles. The number of rotatable bonds is 6. The Kier molecular flexibility index (Phi) is 4.96. The monoisotopic (exact) mass is 321 g/mol. The van der Waals surface area contributed by atoms with Gasteiger partial charge in [-0.2, -0.15) is 5.10 Å². The zero-order valence-electron chi connectivity index (χ0n) is 13.5. The van der Waals surface area contributed by atoms with Crippen LogP contribution in [0.3, 0.4) is 0 Å². The predicted molar refractivity (Wildman–Crippen MR) is 92.2 cm³/mol. The molecule has 0 bridgehead atoms. The Morgan fingerprint density at radius 3 is 2.75 bits per heavy atom. The minimum absolute atomic E-state index is 0.0431. The number of para-hydroxylation sites is 1. The average molecular weight is 321 g/mol. The van der Waals surface area contributed by atoms with Crippen molar-refractivity contribution in [1.82, 2.24) is 19.7 Å². The molecule has 0 aliphatic rings. The molecule has 0 aliphatic carbocycles. The summed E-state index contributed by atoms with van der Waals surface area (Å²) in [5.74, 6) is 0.528. The van der Waals surface area contributed by atoms with Crippen LogP contribution in [0.2, 0.25) is 0 Å². The van der Waals surface area contributed by atoms with Crippen LogP contribution < -0.4 is 4.90 Å². The van der Waals surface area contributed by atoms with Crippen LogP contribution in [-0.2, 0) is 0 Å². The lowest BCUT2D eigenvalue weighted by atomic mass is 10.2. The molecule has 0 aliphatic heterocycles. The second kappa shape index (κ2) is 7.50. The maximum absolute atomic E-state index is 13.0. The molecule has 3 rings (SSSR count). The fraction of sp³-hybridized carbons (Fsp3) is 0.222. The first kappa shape index (κ1) is 15.9. The van der Waals surface area contributed by atoms with E-state index in [1.165, 1.54) is 11.0 Å². The summed E-state index contributed by atoms with van der Waals surface area (Å²) in [6.07, 6.45) is 6.59. The number of benzene rings is 1. The van der Waals surface area contributed by atoms with Gasteiger partial charge in [0.1, 0.15) is 12.7 Å². The van der Waals surface area contributed by atoms with E-state index < -0.39 is 0 Å². The molecule has 0 spiro atoms. The fourth-order valence-electron chi connectivity index (χ4n) is 2.43. The molecule has 6 heteroatoms. The molecule has 3 aromatic rings. The van der Waals surface area contributed by atoms with Crippen molar-refractivity contribution >= 4 is 11.6 Å². The van der Waals surface area contributed by atoms with Gasteiger partial charge in [-0.1, -0.05) is 31.5 Å². The molecule has 0 saturated carbocycles. The predicted octanol–water partition coefficient (Wildman–Crippen LogP) is 3.11. The van der Waals surface area contributed by atoms with Gasteiger partial charge in [-0.25, -0.2) is 14.6 Å². The molecule has 1 aromatic carbocycles. The van der Waals surface area contributed by atoms with E-state index in [1.807, 2.05) is 35.2 Å². The van der Waals surface area contributed by atoms with Crippen LogP contribution in [0.5, 0.6) is 0 Å². The molecule has 0 fully saturated rings. The van der Waals surface area contributed by atoms with Crippen LogP contribution in [-0.4, -0.2) is 32.2 Å². The molecular weight excluding hydrogens is 302 g/mol. The summed E-state index contributed by atoms with van der Waals surface area (Å²) in [4.78, 5) is 23.0. The van der Waals surface area contributed by atoms with E-state index in [9.17, 15) is 4.79 Å². The first-order valence-electron chi connectivity index (χ1n) is 7.97. The van der Waals surface area contributed by atoms with Crippen molar-refractivity contribution in [2.45, 2.75) is 19.8 Å². The topological polar surface area (TPSA) is 63.9 Å². The third-order valence-corrected chi connectivity index (χ3v) is 3.69. The zero-order chi connectivity index (χ0) is 16.8. The number of hydrogen-bond donors (Lipinski definition) is 0. The van der Waals surface area contributed by atoms with Gasteiger partial charge in [0, 0.05) is 24.0 Å². The van der Waals surface area contributed by atoms with Gasteiger partial charge in [0.25, 0.3) is 5.91 Å². The second-order valence-corrected chi connectivity index (χ2v) is 5.39. The highest BCUT2D eigenvalue weighted by atomic mass is 16.2. The van der Waals surface area contributed by atoms with Crippen LogP contribution in [0.4, 0.5) is 5.69 Å². The smallest absolute Gasteiger partial charge is 0.258 e. The fourth-order valence-corrected chi connectivity index (χ4v) is 2.43. The van der Waals surface area contributed by atoms with Crippen molar-refractivity contribution in [3.05, 3.63) is 66.9 Å². The van der Waals surface area contributed by atoms with Crippen molar-refractivity contribution < 1.29 is 4.79 Å². The number of amides is 1. The third-order valence-electron chi connectivity index (χ3n) is 3.69. The number of hydrogen-bond acceptors (Lipinski definition) is 4. The van der Waals surface area contributed by atoms with Gasteiger partial charge in [-0.05, 0) is 30.7 Å². The highest BCUT2D eigenvalue weighted by molar-refractivity contribution is 6.06. The minimum Gasteiger partial charge on any atom is -0.308 e. The Morgan fingerprint density at radius 1 is 1.21 bits per heavy atom. The van der Waals surface area contributed by atoms with Gasteiger partial charge in [-0.3, -0.25) is 4.79 Å². The number of anilines is 1. The van der Waals surface area contributed by atoms with Crippen molar-refractivity contribution in [2.24, 2.45) is 0 Å². The number of carbonyl (C=O) groups is 1. The van der Waals surface area contributed by atoms with Crippen molar-refractivity contribution in [3.63, 3.8) is 0 Å². The minimum atomic E-state index is -0.0431. The van der Waals surface area contributed by atoms with E-state index >= 15 is 0 Å². The van der Waals surface area contributed by atoms with E-state index in [0.29, 0.717) is 17.9 Å². The molecule has 6 nitrogen and oxygen atoms in total. The number of aromatic nitrogens is 4. The van der Waals surface area contributed by atoms with Crippen molar-refractivity contribution in [1.29, 1.82) is 0 Å². The quantitative estimate of drug-likeness (QED) is 0.700. The molecule has 0 atom stereocenters. The van der Waals surface area contributed by atoms with Gasteiger partial charge in [0.15, 0.2) is 5.82 Å². The van der Waals surface area contributed by atoms with Crippen LogP contribution in [0.1, 0.15) is 30.1 Å². The molecule has 0 radical (unpaired) electrons. The summed E-state index contributed by atoms with van der Waals surface area (Å²) < 4.78 is 1.54. The number of pyridine rings is 1. The van der Waals surface area contributed by atoms with E-state index in [-0.39, 0.29) is 5.91 Å². The number of carbonyl (C=O) groups excluding carboxylic acids is 1. The summed E-state index contributed by atoms with van der Waals surface area (Å²) in [6, 6.07) is 13.2. The molecular formula is C18H19N5O. The number of nitrogens with zero attached hydrogens (tertiary/aromatic N) is 5. The van der Waals surface area contributed by atoms with Crippen LogP contribution in [0.25, 0.3) is 5.82 Å². The van der Waals surface area contributed by atoms with Gasteiger partial charge < -0.3 is 4.90 Å². The molecule has 0 saturated heterocycles. The van der Waals surface area contributed by atoms with Gasteiger partial charge >= 0.3 is 0 Å². The molecule has 24 heavy (non-hydrogen) atoms. The largest absolute Gasteiger partial charge is 0.308 e. The van der Waals surface area contributed by atoms with E-state index in [0.717, 1.165) is 18.5 Å². The van der Waals surface area contributed by atoms with Gasteiger partial charge in [0.2, 0.25) is 0 Å². The third kappa shape index (κ3) is 3.48. The first-order valence-corrected chi connectivity index (χ1v) is 7.97. The normalized spacial score (nSPS) is 10.5. The average Bonchev–Trinajstić information content (AvgIpc) is 3.18. The summed E-state index contributed by atoms with van der Waals surface area (Å²) in [5.41, 5.74) is 1.48. The zero-order valence-corrected chi connectivity index (χ0v) is 13.5. The van der Waals surface area contributed by atoms with E-state index in [2.05, 4.69) is 22.0 Å². The maximum Gasteiger partial charge on any atom is 0.258 e. The Hall–Kier alpha value is -3.02. The van der Waals surface area contributed by atoms with Gasteiger partial charge in [-0.15, -0.1) is 0 Å². The molecule has 0 unspecified atom stereocenters. The van der Waals surface area contributed by atoms with Crippen LogP contribution in [0.15, 0.2) is 61.3 Å². The summed E-state index contributed by atoms with van der Waals surface area (Å²) in [5, 5.41) is 4.06. The summed E-state index contributed by atoms with van der Waals surface area (Å²) in [7, 11) is 0. The van der Waals surface area contributed by atoms with E-state index in [4.69, 9.17) is 0 Å². The van der Waals surface area contributed by atoms with E-state index in [1.54, 1.807) is 24.7 Å². The van der Waals surface area contributed by atoms with Crippen molar-refractivity contribution in [3.8, 4) is 5.82 Å².